The first-order valence-electron chi connectivity index (χ1n) is 6.98. The van der Waals surface area contributed by atoms with Gasteiger partial charge in [-0.25, -0.2) is 4.98 Å². The van der Waals surface area contributed by atoms with Crippen LogP contribution < -0.4 is 0 Å². The lowest BCUT2D eigenvalue weighted by molar-refractivity contribution is 0.0817. The van der Waals surface area contributed by atoms with Gasteiger partial charge in [0.1, 0.15) is 11.9 Å². The maximum Gasteiger partial charge on any atom is 0.137 e. The van der Waals surface area contributed by atoms with Crippen molar-refractivity contribution in [2.24, 2.45) is 11.8 Å². The summed E-state index contributed by atoms with van der Waals surface area (Å²) >= 11 is 0. The highest BCUT2D eigenvalue weighted by Gasteiger charge is 2.28. The van der Waals surface area contributed by atoms with Crippen molar-refractivity contribution >= 4 is 0 Å². The number of rotatable bonds is 4. The van der Waals surface area contributed by atoms with Crippen molar-refractivity contribution in [3.8, 4) is 0 Å². The Bertz CT molecular complexity index is 422. The Balaban J connectivity index is 2.13. The number of aromatic nitrogens is 2. The van der Waals surface area contributed by atoms with Gasteiger partial charge in [0.2, 0.25) is 0 Å². The Morgan fingerprint density at radius 3 is 3.00 bits per heavy atom. The molecule has 100 valence electrons. The molecule has 1 aromatic rings. The minimum atomic E-state index is -0.433. The Morgan fingerprint density at radius 2 is 2.33 bits per heavy atom. The molecule has 0 aliphatic heterocycles. The summed E-state index contributed by atoms with van der Waals surface area (Å²) in [5.41, 5.74) is 1.39. The van der Waals surface area contributed by atoms with Crippen molar-refractivity contribution in [3.05, 3.63) is 29.9 Å². The number of aliphatic hydroxyl groups excluding tert-OH is 1. The van der Waals surface area contributed by atoms with Crippen LogP contribution in [0.15, 0.2) is 24.0 Å². The molecule has 1 aromatic heterocycles. The number of aryl methyl sites for hydroxylation is 1. The highest BCUT2D eigenvalue weighted by molar-refractivity contribution is 5.10. The van der Waals surface area contributed by atoms with Gasteiger partial charge in [0.25, 0.3) is 0 Å². The molecule has 0 spiro atoms. The molecule has 3 atom stereocenters. The second kappa shape index (κ2) is 5.70. The van der Waals surface area contributed by atoms with Crippen LogP contribution in [0.5, 0.6) is 0 Å². The van der Waals surface area contributed by atoms with Crippen LogP contribution in [0.25, 0.3) is 0 Å². The van der Waals surface area contributed by atoms with Gasteiger partial charge in [-0.3, -0.25) is 0 Å². The molecule has 0 aromatic carbocycles. The lowest BCUT2D eigenvalue weighted by Gasteiger charge is -2.29. The van der Waals surface area contributed by atoms with Crippen molar-refractivity contribution in [2.75, 3.05) is 0 Å². The van der Waals surface area contributed by atoms with Crippen LogP contribution in [-0.2, 0) is 6.54 Å². The van der Waals surface area contributed by atoms with Gasteiger partial charge in [-0.1, -0.05) is 25.5 Å². The lowest BCUT2D eigenvalue weighted by Crippen LogP contribution is -2.22. The molecule has 1 heterocycles. The molecule has 0 fully saturated rings. The number of allylic oxidation sites excluding steroid dienone is 2. The molecule has 3 nitrogen and oxygen atoms in total. The summed E-state index contributed by atoms with van der Waals surface area (Å²) in [6, 6.07) is 0. The van der Waals surface area contributed by atoms with E-state index in [2.05, 4.69) is 36.4 Å². The summed E-state index contributed by atoms with van der Waals surface area (Å²) in [7, 11) is 0. The zero-order valence-corrected chi connectivity index (χ0v) is 11.6. The molecule has 0 saturated carbocycles. The zero-order chi connectivity index (χ0) is 13.1. The van der Waals surface area contributed by atoms with Crippen LogP contribution in [0.3, 0.4) is 0 Å². The molecule has 0 bridgehead atoms. The number of hydrogen-bond acceptors (Lipinski definition) is 2. The van der Waals surface area contributed by atoms with E-state index in [1.807, 2.05) is 6.20 Å². The summed E-state index contributed by atoms with van der Waals surface area (Å²) < 4.78 is 2.09. The molecule has 18 heavy (non-hydrogen) atoms. The normalized spacial score (nSPS) is 25.9. The molecule has 0 saturated heterocycles. The van der Waals surface area contributed by atoms with Crippen molar-refractivity contribution in [1.29, 1.82) is 0 Å². The standard InChI is InChI=1S/C15H24N2O/c1-4-6-17-7-5-16-15(17)14(18)13-9-11(2)8-12(3)10-13/h5,7-8,11,13-14,18H,4,6,9-10H2,1-3H3. The van der Waals surface area contributed by atoms with E-state index < -0.39 is 6.10 Å². The number of imidazole rings is 1. The van der Waals surface area contributed by atoms with Gasteiger partial charge in [-0.05, 0) is 38.0 Å². The summed E-state index contributed by atoms with van der Waals surface area (Å²) in [4.78, 5) is 4.35. The smallest absolute Gasteiger partial charge is 0.137 e. The fraction of sp³-hybridized carbons (Fsp3) is 0.667. The van der Waals surface area contributed by atoms with E-state index >= 15 is 0 Å². The SMILES string of the molecule is CCCn1ccnc1C(O)C1CC(C)=CC(C)C1. The monoisotopic (exact) mass is 248 g/mol. The Labute approximate surface area is 110 Å². The van der Waals surface area contributed by atoms with Crippen molar-refractivity contribution in [1.82, 2.24) is 9.55 Å². The molecule has 0 amide bonds. The van der Waals surface area contributed by atoms with Gasteiger partial charge in [-0.2, -0.15) is 0 Å². The average molecular weight is 248 g/mol. The second-order valence-corrected chi connectivity index (χ2v) is 5.61. The number of aliphatic hydroxyl groups is 1. The lowest BCUT2D eigenvalue weighted by atomic mass is 9.80. The summed E-state index contributed by atoms with van der Waals surface area (Å²) in [6.07, 6.45) is 8.76. The average Bonchev–Trinajstić information content (AvgIpc) is 2.75. The van der Waals surface area contributed by atoms with Gasteiger partial charge < -0.3 is 9.67 Å². The van der Waals surface area contributed by atoms with Gasteiger partial charge in [0.15, 0.2) is 0 Å². The summed E-state index contributed by atoms with van der Waals surface area (Å²) in [5.74, 6) is 1.71. The third-order valence-electron chi connectivity index (χ3n) is 3.75. The second-order valence-electron chi connectivity index (χ2n) is 5.61. The molecule has 1 aliphatic rings. The maximum atomic E-state index is 10.6. The van der Waals surface area contributed by atoms with Crippen molar-refractivity contribution < 1.29 is 5.11 Å². The third kappa shape index (κ3) is 2.83. The predicted molar refractivity (Wildman–Crippen MR) is 73.1 cm³/mol. The first kappa shape index (κ1) is 13.3. The van der Waals surface area contributed by atoms with Crippen LogP contribution in [0.2, 0.25) is 0 Å². The van der Waals surface area contributed by atoms with E-state index in [1.165, 1.54) is 5.57 Å². The van der Waals surface area contributed by atoms with Gasteiger partial charge >= 0.3 is 0 Å². The predicted octanol–water partition coefficient (Wildman–Crippen LogP) is 3.32. The van der Waals surface area contributed by atoms with Gasteiger partial charge in [-0.15, -0.1) is 0 Å². The molecular weight excluding hydrogens is 224 g/mol. The summed E-state index contributed by atoms with van der Waals surface area (Å²) in [6.45, 7) is 7.46. The topological polar surface area (TPSA) is 38.0 Å². The first-order chi connectivity index (χ1) is 8.61. The van der Waals surface area contributed by atoms with Crippen molar-refractivity contribution in [3.63, 3.8) is 0 Å². The molecule has 1 N–H and O–H groups in total. The van der Waals surface area contributed by atoms with Gasteiger partial charge in [0.05, 0.1) is 0 Å². The van der Waals surface area contributed by atoms with E-state index in [-0.39, 0.29) is 0 Å². The van der Waals surface area contributed by atoms with Crippen LogP contribution >= 0.6 is 0 Å². The fourth-order valence-corrected chi connectivity index (χ4v) is 3.06. The number of hydrogen-bond donors (Lipinski definition) is 1. The Kier molecular flexibility index (Phi) is 4.23. The zero-order valence-electron chi connectivity index (χ0n) is 11.6. The van der Waals surface area contributed by atoms with E-state index in [0.29, 0.717) is 11.8 Å². The number of nitrogens with zero attached hydrogens (tertiary/aromatic N) is 2. The summed E-state index contributed by atoms with van der Waals surface area (Å²) in [5, 5.41) is 10.6. The Morgan fingerprint density at radius 1 is 1.56 bits per heavy atom. The van der Waals surface area contributed by atoms with E-state index in [0.717, 1.165) is 31.6 Å². The molecule has 0 radical (unpaired) electrons. The van der Waals surface area contributed by atoms with Crippen molar-refractivity contribution in [2.45, 2.75) is 52.7 Å². The quantitative estimate of drug-likeness (QED) is 0.830. The highest BCUT2D eigenvalue weighted by Crippen LogP contribution is 2.36. The van der Waals surface area contributed by atoms with Gasteiger partial charge in [0, 0.05) is 18.9 Å². The van der Waals surface area contributed by atoms with E-state index in [9.17, 15) is 5.11 Å². The van der Waals surface area contributed by atoms with Crippen LogP contribution in [-0.4, -0.2) is 14.7 Å². The van der Waals surface area contributed by atoms with Crippen LogP contribution in [0.4, 0.5) is 0 Å². The molecule has 1 aliphatic carbocycles. The molecule has 3 heteroatoms. The molecule has 3 unspecified atom stereocenters. The largest absolute Gasteiger partial charge is 0.385 e. The minimum absolute atomic E-state index is 0.308. The van der Waals surface area contributed by atoms with Crippen LogP contribution in [0, 0.1) is 11.8 Å². The maximum absolute atomic E-state index is 10.6. The molecule has 2 rings (SSSR count). The van der Waals surface area contributed by atoms with Crippen LogP contribution in [0.1, 0.15) is 52.0 Å². The third-order valence-corrected chi connectivity index (χ3v) is 3.75. The molecular formula is C15H24N2O. The first-order valence-corrected chi connectivity index (χ1v) is 6.98. The highest BCUT2D eigenvalue weighted by atomic mass is 16.3. The van der Waals surface area contributed by atoms with E-state index in [4.69, 9.17) is 0 Å². The van der Waals surface area contributed by atoms with E-state index in [1.54, 1.807) is 6.20 Å². The Hall–Kier alpha value is -1.09. The fourth-order valence-electron chi connectivity index (χ4n) is 3.06. The minimum Gasteiger partial charge on any atom is -0.385 e.